The molecule has 4 rings (SSSR count). The molecule has 0 aromatic heterocycles. The van der Waals surface area contributed by atoms with Crippen molar-refractivity contribution < 1.29 is 102 Å². The van der Waals surface area contributed by atoms with Crippen LogP contribution in [0.25, 0.3) is 0 Å². The average Bonchev–Trinajstić information content (AvgIpc) is 1.65. The Kier molecular flexibility index (Phi) is 36.3. The average molecular weight is 1450 g/mol. The van der Waals surface area contributed by atoms with Crippen LogP contribution in [0.2, 0.25) is 0 Å². The van der Waals surface area contributed by atoms with E-state index in [-0.39, 0.29) is 64.6 Å². The number of carboxylic acids is 3. The Morgan fingerprint density at radius 1 is 0.510 bits per heavy atom. The lowest BCUT2D eigenvalue weighted by Crippen LogP contribution is -2.61. The summed E-state index contributed by atoms with van der Waals surface area (Å²) in [5, 5.41) is 75.0. The number of rotatable bonds is 44. The van der Waals surface area contributed by atoms with Crippen LogP contribution in [0.4, 0.5) is 0 Å². The van der Waals surface area contributed by atoms with Gasteiger partial charge in [-0.1, -0.05) is 74.5 Å². The monoisotopic (exact) mass is 1450 g/mol. The predicted molar refractivity (Wildman–Crippen MR) is 364 cm³/mol. The molecule has 20 N–H and O–H groups in total. The van der Waals surface area contributed by atoms with Crippen LogP contribution in [0, 0.1) is 5.92 Å². The van der Waals surface area contributed by atoms with Crippen LogP contribution in [0.15, 0.2) is 60.7 Å². The van der Waals surface area contributed by atoms with Crippen molar-refractivity contribution in [1.29, 1.82) is 0 Å². The third-order valence-electron chi connectivity index (χ3n) is 16.5. The fraction of sp³-hybridized carbons (Fsp3) is 0.569. The standard InChI is InChI=1S/C65H95N15O21S/c1-36(2)54(63(98)73-41(23-27-102-3)58(93)72-40(18-10-11-24-66)57(92)77-46(35-82)64(99)80-26-13-20-48(80)62(97)75-44(65(100)101)29-38-16-8-5-9-17-38)78-60(95)42(28-37-14-6-4-7-15-37)74-61(96)47-19-12-25-79(47)51(85)33-68-49(83)31-70-56(91)45(34-81)76-59(94)43(30-53(88)89)71-50(84)32-69-55(90)39(67)21-22-52(86)87/h4-9,14-17,36,39-48,54,81-82H,10-13,18-35,66-67H2,1-3H3,(H,68,83)(H,69,90)(H,70,91)(H,71,84)(H,72,93)(H,73,98)(H,74,96)(H,75,97)(H,76,94)(H,77,92)(H,78,95)(H,86,87)(H,88,89)(H,100,101)/t39-,40-,41-,42-,43-,44-,45-,46-,47-,48-,54-/m0/s1. The van der Waals surface area contributed by atoms with E-state index in [9.17, 15) is 97.1 Å². The molecule has 102 heavy (non-hydrogen) atoms. The molecule has 2 fully saturated rings. The lowest BCUT2D eigenvalue weighted by atomic mass is 10.00. The summed E-state index contributed by atoms with van der Waals surface area (Å²) in [4.78, 5) is 214. The first-order valence-corrected chi connectivity index (χ1v) is 34.7. The van der Waals surface area contributed by atoms with E-state index in [0.717, 1.165) is 4.90 Å². The fourth-order valence-corrected chi connectivity index (χ4v) is 11.4. The number of aliphatic carboxylic acids is 3. The van der Waals surface area contributed by atoms with Gasteiger partial charge in [-0.05, 0) is 93.4 Å². The van der Waals surface area contributed by atoms with Crippen LogP contribution >= 0.6 is 11.8 Å². The molecule has 2 aliphatic heterocycles. The minimum Gasteiger partial charge on any atom is -0.481 e. The van der Waals surface area contributed by atoms with Gasteiger partial charge in [0, 0.05) is 32.4 Å². The van der Waals surface area contributed by atoms with Gasteiger partial charge in [0.15, 0.2) is 0 Å². The Morgan fingerprint density at radius 2 is 1.01 bits per heavy atom. The zero-order valence-electron chi connectivity index (χ0n) is 57.0. The molecule has 2 aromatic rings. The highest BCUT2D eigenvalue weighted by molar-refractivity contribution is 7.98. The maximum atomic E-state index is 14.5. The molecule has 0 unspecified atom stereocenters. The van der Waals surface area contributed by atoms with Gasteiger partial charge in [-0.25, -0.2) is 4.79 Å². The van der Waals surface area contributed by atoms with Crippen LogP contribution in [0.5, 0.6) is 0 Å². The lowest BCUT2D eigenvalue weighted by molar-refractivity contribution is -0.145. The summed E-state index contributed by atoms with van der Waals surface area (Å²) in [6, 6.07) is 1.45. The second-order valence-electron chi connectivity index (χ2n) is 24.7. The van der Waals surface area contributed by atoms with Crippen LogP contribution in [0.1, 0.15) is 95.6 Å². The number of unbranched alkanes of at least 4 members (excludes halogenated alkanes) is 1. The minimum atomic E-state index is -1.86. The summed E-state index contributed by atoms with van der Waals surface area (Å²) in [5.74, 6) is -16.3. The SMILES string of the molecule is CSCC[C@H](NC(=O)[C@@H](NC(=O)[C@H](Cc1ccccc1)NC(=O)[C@@H]1CCCN1C(=O)CNC(=O)CNC(=O)[C@H](CO)NC(=O)[C@H](CC(=O)O)NC(=O)CNC(=O)[C@@H](N)CCC(=O)O)C(C)C)C(=O)N[C@@H](CCCCN)C(=O)N[C@@H](CO)C(=O)N1CCC[C@H]1C(=O)N[C@@H](Cc1ccccc1)C(=O)O. The molecule has 0 bridgehead atoms. The number of aliphatic hydroxyl groups excluding tert-OH is 2. The first kappa shape index (κ1) is 84.6. The Labute approximate surface area is 592 Å². The topological polar surface area (TPSA) is 565 Å². The van der Waals surface area contributed by atoms with Crippen molar-refractivity contribution in [2.24, 2.45) is 17.4 Å². The molecular weight excluding hydrogens is 1360 g/mol. The first-order valence-electron chi connectivity index (χ1n) is 33.3. The van der Waals surface area contributed by atoms with Crippen molar-refractivity contribution in [3.63, 3.8) is 0 Å². The molecule has 2 heterocycles. The van der Waals surface area contributed by atoms with Crippen LogP contribution in [0.3, 0.4) is 0 Å². The maximum absolute atomic E-state index is 14.5. The van der Waals surface area contributed by atoms with Crippen LogP contribution in [-0.2, 0) is 89.6 Å². The maximum Gasteiger partial charge on any atom is 0.326 e. The minimum absolute atomic E-state index is 0.0115. The molecule has 2 saturated heterocycles. The fourth-order valence-electron chi connectivity index (χ4n) is 11.0. The van der Waals surface area contributed by atoms with Crippen molar-refractivity contribution in [3.8, 4) is 0 Å². The summed E-state index contributed by atoms with van der Waals surface area (Å²) >= 11 is 1.34. The van der Waals surface area contributed by atoms with Gasteiger partial charge in [-0.15, -0.1) is 0 Å². The van der Waals surface area contributed by atoms with Crippen LogP contribution in [-0.4, -0.2) is 261 Å². The highest BCUT2D eigenvalue weighted by Gasteiger charge is 2.42. The molecule has 0 aliphatic carbocycles. The quantitative estimate of drug-likeness (QED) is 0.0275. The molecule has 562 valence electrons. The number of amides is 13. The number of carbonyl (C=O) groups excluding carboxylic acids is 13. The van der Waals surface area contributed by atoms with Crippen molar-refractivity contribution in [3.05, 3.63) is 71.8 Å². The normalized spacial score (nSPS) is 16.7. The largest absolute Gasteiger partial charge is 0.481 e. The van der Waals surface area contributed by atoms with Crippen LogP contribution < -0.4 is 70.0 Å². The van der Waals surface area contributed by atoms with Gasteiger partial charge in [0.25, 0.3) is 0 Å². The van der Waals surface area contributed by atoms with Gasteiger partial charge >= 0.3 is 17.9 Å². The van der Waals surface area contributed by atoms with E-state index in [1.165, 1.54) is 16.7 Å². The van der Waals surface area contributed by atoms with E-state index >= 15 is 0 Å². The third-order valence-corrected chi connectivity index (χ3v) is 17.2. The number of hydrogen-bond donors (Lipinski definition) is 18. The third kappa shape index (κ3) is 28.3. The number of nitrogens with two attached hydrogens (primary N) is 2. The molecule has 2 aliphatic rings. The summed E-state index contributed by atoms with van der Waals surface area (Å²) in [5.41, 5.74) is 12.6. The van der Waals surface area contributed by atoms with Gasteiger partial charge in [-0.2, -0.15) is 11.8 Å². The summed E-state index contributed by atoms with van der Waals surface area (Å²) < 4.78 is 0. The number of thioether (sulfide) groups is 1. The molecule has 36 nitrogen and oxygen atoms in total. The summed E-state index contributed by atoms with van der Waals surface area (Å²) in [7, 11) is 0. The Bertz CT molecular complexity index is 3250. The molecule has 2 aromatic carbocycles. The van der Waals surface area contributed by atoms with E-state index in [0.29, 0.717) is 42.6 Å². The van der Waals surface area contributed by atoms with Gasteiger partial charge in [0.05, 0.1) is 45.3 Å². The second-order valence-corrected chi connectivity index (χ2v) is 25.6. The van der Waals surface area contributed by atoms with E-state index < -0.39 is 213 Å². The van der Waals surface area contributed by atoms with E-state index in [2.05, 4.69) is 58.5 Å². The zero-order chi connectivity index (χ0) is 75.6. The van der Waals surface area contributed by atoms with E-state index in [4.69, 9.17) is 16.6 Å². The second kappa shape index (κ2) is 43.7. The smallest absolute Gasteiger partial charge is 0.326 e. The molecule has 0 saturated carbocycles. The summed E-state index contributed by atoms with van der Waals surface area (Å²) in [6.45, 7) is -0.818. The number of likely N-dealkylation sites (tertiary alicyclic amines) is 2. The molecule has 13 amide bonds. The molecular formula is C65H95N15O21S. The van der Waals surface area contributed by atoms with Gasteiger partial charge in [0.1, 0.15) is 60.4 Å². The molecule has 37 heteroatoms. The number of benzene rings is 2. The van der Waals surface area contributed by atoms with E-state index in [1.807, 2.05) is 0 Å². The molecule has 0 radical (unpaired) electrons. The van der Waals surface area contributed by atoms with Gasteiger partial charge in [0.2, 0.25) is 76.8 Å². The number of nitrogens with one attached hydrogen (secondary N) is 11. The highest BCUT2D eigenvalue weighted by atomic mass is 32.2. The van der Waals surface area contributed by atoms with E-state index in [1.54, 1.807) is 80.8 Å². The van der Waals surface area contributed by atoms with Crippen molar-refractivity contribution in [1.82, 2.24) is 68.3 Å². The number of hydrogen-bond acceptors (Lipinski definition) is 21. The zero-order valence-corrected chi connectivity index (χ0v) is 57.8. The molecule has 11 atom stereocenters. The highest BCUT2D eigenvalue weighted by Crippen LogP contribution is 2.21. The predicted octanol–water partition coefficient (Wildman–Crippen LogP) is -6.05. The van der Waals surface area contributed by atoms with Crippen molar-refractivity contribution >= 4 is 106 Å². The van der Waals surface area contributed by atoms with Gasteiger partial charge < -0.3 is 105 Å². The number of carboxylic acid groups (broad SMARTS) is 3. The molecule has 0 spiro atoms. The number of aliphatic hydroxyl groups is 2. The van der Waals surface area contributed by atoms with Gasteiger partial charge in [-0.3, -0.25) is 71.9 Å². The summed E-state index contributed by atoms with van der Waals surface area (Å²) in [6.07, 6.45) is 1.52. The first-order chi connectivity index (χ1) is 48.5. The number of carbonyl (C=O) groups is 16. The van der Waals surface area contributed by atoms with Crippen molar-refractivity contribution in [2.45, 2.75) is 164 Å². The lowest BCUT2D eigenvalue weighted by Gasteiger charge is -2.30. The number of nitrogens with zero attached hydrogens (tertiary/aromatic N) is 2. The Hall–Kier alpha value is -9.85. The van der Waals surface area contributed by atoms with Crippen molar-refractivity contribution in [2.75, 3.05) is 64.5 Å². The Balaban J connectivity index is 1.40. The Morgan fingerprint density at radius 3 is 1.56 bits per heavy atom.